The normalized spacial score (nSPS) is 10.2. The molecule has 0 aliphatic rings. The van der Waals surface area contributed by atoms with Crippen LogP contribution >= 0.6 is 0 Å². The largest absolute Gasteiger partial charge is 0.347 e. The molecule has 0 atom stereocenters. The van der Waals surface area contributed by atoms with Gasteiger partial charge in [-0.1, -0.05) is 48.5 Å². The molecule has 0 unspecified atom stereocenters. The molecule has 0 aliphatic carbocycles. The van der Waals surface area contributed by atoms with E-state index in [1.54, 1.807) is 18.2 Å². The van der Waals surface area contributed by atoms with E-state index in [2.05, 4.69) is 5.32 Å². The van der Waals surface area contributed by atoms with Gasteiger partial charge in [0.05, 0.1) is 0 Å². The van der Waals surface area contributed by atoms with Gasteiger partial charge in [-0.2, -0.15) is 0 Å². The third-order valence-electron chi connectivity index (χ3n) is 3.72. The molecule has 2 aromatic carbocycles. The molecule has 5 heteroatoms. The van der Waals surface area contributed by atoms with Crippen molar-refractivity contribution in [3.63, 3.8) is 0 Å². The maximum Gasteiger partial charge on any atom is 0.312 e. The van der Waals surface area contributed by atoms with Gasteiger partial charge in [-0.25, -0.2) is 4.39 Å². The molecular formula is C19H21FN2O2. The lowest BCUT2D eigenvalue weighted by Gasteiger charge is -2.20. The number of likely N-dealkylation sites (N-methyl/N-ethyl adjacent to an activating group) is 1. The second kappa shape index (κ2) is 8.82. The zero-order chi connectivity index (χ0) is 17.4. The molecule has 2 amide bonds. The Morgan fingerprint density at radius 1 is 1.04 bits per heavy atom. The van der Waals surface area contributed by atoms with Gasteiger partial charge in [0, 0.05) is 19.6 Å². The first kappa shape index (κ1) is 17.7. The summed E-state index contributed by atoms with van der Waals surface area (Å²) in [6.45, 7) is 2.87. The fraction of sp³-hybridized carbons (Fsp3) is 0.263. The summed E-state index contributed by atoms with van der Waals surface area (Å²) in [7, 11) is 0. The fourth-order valence-corrected chi connectivity index (χ4v) is 2.36. The van der Waals surface area contributed by atoms with E-state index in [1.807, 2.05) is 37.3 Å². The molecule has 0 radical (unpaired) electrons. The van der Waals surface area contributed by atoms with Gasteiger partial charge in [0.2, 0.25) is 0 Å². The number of carbonyl (C=O) groups excluding carboxylic acids is 2. The van der Waals surface area contributed by atoms with Crippen molar-refractivity contribution in [3.8, 4) is 0 Å². The van der Waals surface area contributed by atoms with Crippen molar-refractivity contribution >= 4 is 11.8 Å². The summed E-state index contributed by atoms with van der Waals surface area (Å²) in [6, 6.07) is 15.9. The fourth-order valence-electron chi connectivity index (χ4n) is 2.36. The maximum atomic E-state index is 13.5. The second-order valence-corrected chi connectivity index (χ2v) is 5.40. The quantitative estimate of drug-likeness (QED) is 0.829. The Bertz CT molecular complexity index is 689. The summed E-state index contributed by atoms with van der Waals surface area (Å²) in [5, 5.41) is 2.56. The van der Waals surface area contributed by atoms with Crippen LogP contribution in [-0.2, 0) is 22.6 Å². The van der Waals surface area contributed by atoms with Gasteiger partial charge in [-0.05, 0) is 30.5 Å². The van der Waals surface area contributed by atoms with Crippen LogP contribution in [0.25, 0.3) is 0 Å². The van der Waals surface area contributed by atoms with Crippen molar-refractivity contribution in [2.45, 2.75) is 19.9 Å². The lowest BCUT2D eigenvalue weighted by Crippen LogP contribution is -2.43. The molecule has 0 aliphatic heterocycles. The van der Waals surface area contributed by atoms with Crippen LogP contribution in [-0.4, -0.2) is 29.8 Å². The summed E-state index contributed by atoms with van der Waals surface area (Å²) in [4.78, 5) is 25.7. The van der Waals surface area contributed by atoms with Crippen LogP contribution in [0.2, 0.25) is 0 Å². The molecule has 0 aromatic heterocycles. The van der Waals surface area contributed by atoms with Crippen LogP contribution in [0.3, 0.4) is 0 Å². The Hall–Kier alpha value is -2.69. The summed E-state index contributed by atoms with van der Waals surface area (Å²) in [5.41, 5.74) is 1.48. The first-order valence-corrected chi connectivity index (χ1v) is 7.96. The minimum atomic E-state index is -0.663. The molecule has 24 heavy (non-hydrogen) atoms. The van der Waals surface area contributed by atoms with Crippen molar-refractivity contribution < 1.29 is 14.0 Å². The van der Waals surface area contributed by atoms with Crippen molar-refractivity contribution in [1.82, 2.24) is 10.2 Å². The molecule has 0 heterocycles. The van der Waals surface area contributed by atoms with Crippen LogP contribution in [0, 0.1) is 5.82 Å². The Kier molecular flexibility index (Phi) is 6.49. The summed E-state index contributed by atoms with van der Waals surface area (Å²) >= 11 is 0. The van der Waals surface area contributed by atoms with E-state index < -0.39 is 11.8 Å². The van der Waals surface area contributed by atoms with E-state index in [4.69, 9.17) is 0 Å². The second-order valence-electron chi connectivity index (χ2n) is 5.40. The molecule has 126 valence electrons. The highest BCUT2D eigenvalue weighted by Gasteiger charge is 2.20. The van der Waals surface area contributed by atoms with E-state index in [-0.39, 0.29) is 12.4 Å². The molecule has 2 rings (SSSR count). The van der Waals surface area contributed by atoms with Gasteiger partial charge >= 0.3 is 11.8 Å². The number of nitrogens with one attached hydrogen (secondary N) is 1. The summed E-state index contributed by atoms with van der Waals surface area (Å²) in [5.74, 6) is -1.55. The highest BCUT2D eigenvalue weighted by Crippen LogP contribution is 2.07. The number of benzene rings is 2. The Balaban J connectivity index is 1.86. The number of rotatable bonds is 6. The van der Waals surface area contributed by atoms with Crippen LogP contribution in [0.1, 0.15) is 18.1 Å². The number of nitrogens with zero attached hydrogens (tertiary/aromatic N) is 1. The van der Waals surface area contributed by atoms with E-state index in [0.29, 0.717) is 25.1 Å². The Morgan fingerprint density at radius 2 is 1.71 bits per heavy atom. The molecule has 4 nitrogen and oxygen atoms in total. The average molecular weight is 328 g/mol. The predicted octanol–water partition coefficient (Wildman–Crippen LogP) is 2.53. The molecule has 2 aromatic rings. The van der Waals surface area contributed by atoms with Crippen molar-refractivity contribution in [2.24, 2.45) is 0 Å². The van der Waals surface area contributed by atoms with Gasteiger partial charge in [-0.3, -0.25) is 9.59 Å². The summed E-state index contributed by atoms with van der Waals surface area (Å²) in [6.07, 6.45) is 0.344. The van der Waals surface area contributed by atoms with Crippen LogP contribution in [0.15, 0.2) is 54.6 Å². The minimum Gasteiger partial charge on any atom is -0.347 e. The van der Waals surface area contributed by atoms with Crippen LogP contribution < -0.4 is 5.32 Å². The number of hydrogen-bond donors (Lipinski definition) is 1. The first-order valence-electron chi connectivity index (χ1n) is 7.96. The molecule has 0 saturated heterocycles. The zero-order valence-corrected chi connectivity index (χ0v) is 13.7. The standard InChI is InChI=1S/C19H21FN2O2/c1-2-22(14-15-8-4-3-5-9-15)19(24)18(23)21-13-12-16-10-6-7-11-17(16)20/h3-11H,2,12-14H2,1H3,(H,21,23). The van der Waals surface area contributed by atoms with Crippen molar-refractivity contribution in [2.75, 3.05) is 13.1 Å². The maximum absolute atomic E-state index is 13.5. The van der Waals surface area contributed by atoms with Gasteiger partial charge in [0.15, 0.2) is 0 Å². The monoisotopic (exact) mass is 328 g/mol. The van der Waals surface area contributed by atoms with Gasteiger partial charge < -0.3 is 10.2 Å². The Morgan fingerprint density at radius 3 is 2.38 bits per heavy atom. The van der Waals surface area contributed by atoms with Crippen LogP contribution in [0.4, 0.5) is 4.39 Å². The summed E-state index contributed by atoms with van der Waals surface area (Å²) < 4.78 is 13.5. The Labute approximate surface area is 141 Å². The highest BCUT2D eigenvalue weighted by atomic mass is 19.1. The average Bonchev–Trinajstić information content (AvgIpc) is 2.61. The lowest BCUT2D eigenvalue weighted by molar-refractivity contribution is -0.146. The minimum absolute atomic E-state index is 0.217. The smallest absolute Gasteiger partial charge is 0.312 e. The van der Waals surface area contributed by atoms with Crippen molar-refractivity contribution in [3.05, 3.63) is 71.5 Å². The number of hydrogen-bond acceptors (Lipinski definition) is 2. The highest BCUT2D eigenvalue weighted by molar-refractivity contribution is 6.34. The predicted molar refractivity (Wildman–Crippen MR) is 90.6 cm³/mol. The van der Waals surface area contributed by atoms with Gasteiger partial charge in [0.1, 0.15) is 5.82 Å². The molecule has 0 spiro atoms. The van der Waals surface area contributed by atoms with E-state index in [0.717, 1.165) is 5.56 Å². The van der Waals surface area contributed by atoms with E-state index in [1.165, 1.54) is 11.0 Å². The molecule has 0 bridgehead atoms. The number of carbonyl (C=O) groups is 2. The zero-order valence-electron chi connectivity index (χ0n) is 13.7. The molecular weight excluding hydrogens is 307 g/mol. The van der Waals surface area contributed by atoms with Gasteiger partial charge in [0.25, 0.3) is 0 Å². The van der Waals surface area contributed by atoms with Crippen molar-refractivity contribution in [1.29, 1.82) is 0 Å². The van der Waals surface area contributed by atoms with E-state index >= 15 is 0 Å². The van der Waals surface area contributed by atoms with E-state index in [9.17, 15) is 14.0 Å². The molecule has 0 saturated carbocycles. The lowest BCUT2D eigenvalue weighted by atomic mass is 10.1. The van der Waals surface area contributed by atoms with Gasteiger partial charge in [-0.15, -0.1) is 0 Å². The third kappa shape index (κ3) is 4.91. The molecule has 0 fully saturated rings. The SMILES string of the molecule is CCN(Cc1ccccc1)C(=O)C(=O)NCCc1ccccc1F. The number of halogens is 1. The topological polar surface area (TPSA) is 49.4 Å². The first-order chi connectivity index (χ1) is 11.6. The third-order valence-corrected chi connectivity index (χ3v) is 3.72. The molecule has 1 N–H and O–H groups in total. The van der Waals surface area contributed by atoms with Crippen LogP contribution in [0.5, 0.6) is 0 Å². The number of amides is 2.